The van der Waals surface area contributed by atoms with Gasteiger partial charge in [-0.2, -0.15) is 4.98 Å². The van der Waals surface area contributed by atoms with E-state index in [2.05, 4.69) is 15.5 Å². The molecule has 4 nitrogen and oxygen atoms in total. The summed E-state index contributed by atoms with van der Waals surface area (Å²) in [4.78, 5) is 4.40. The van der Waals surface area contributed by atoms with Crippen molar-refractivity contribution in [1.29, 1.82) is 0 Å². The van der Waals surface area contributed by atoms with Gasteiger partial charge in [-0.15, -0.1) is 0 Å². The normalized spacial score (nSPS) is 19.3. The van der Waals surface area contributed by atoms with Gasteiger partial charge in [-0.3, -0.25) is 0 Å². The van der Waals surface area contributed by atoms with E-state index in [0.717, 1.165) is 19.5 Å². The molecule has 0 saturated carbocycles. The lowest BCUT2D eigenvalue weighted by Gasteiger charge is -2.01. The summed E-state index contributed by atoms with van der Waals surface area (Å²) in [6, 6.07) is 5.31. The van der Waals surface area contributed by atoms with Gasteiger partial charge in [0, 0.05) is 6.54 Å². The van der Waals surface area contributed by atoms with Crippen molar-refractivity contribution in [2.45, 2.75) is 12.3 Å². The second-order valence-corrected chi connectivity index (χ2v) is 5.06. The summed E-state index contributed by atoms with van der Waals surface area (Å²) in [6.07, 6.45) is 1.01. The molecular formula is C12H11Cl2N3O. The molecule has 1 aliphatic heterocycles. The van der Waals surface area contributed by atoms with Crippen LogP contribution < -0.4 is 5.32 Å². The Labute approximate surface area is 114 Å². The molecule has 1 aliphatic rings. The Morgan fingerprint density at radius 3 is 2.72 bits per heavy atom. The Morgan fingerprint density at radius 2 is 2.06 bits per heavy atom. The van der Waals surface area contributed by atoms with Crippen molar-refractivity contribution in [3.05, 3.63) is 34.1 Å². The van der Waals surface area contributed by atoms with Gasteiger partial charge in [-0.05, 0) is 25.1 Å². The van der Waals surface area contributed by atoms with Crippen LogP contribution in [0.25, 0.3) is 11.4 Å². The Hall–Kier alpha value is -1.10. The molecule has 18 heavy (non-hydrogen) atoms. The summed E-state index contributed by atoms with van der Waals surface area (Å²) >= 11 is 12.2. The van der Waals surface area contributed by atoms with Crippen LogP contribution in [0.3, 0.4) is 0 Å². The fourth-order valence-electron chi connectivity index (χ4n) is 2.08. The molecule has 2 aromatic rings. The van der Waals surface area contributed by atoms with Crippen LogP contribution in [0.1, 0.15) is 18.2 Å². The topological polar surface area (TPSA) is 51.0 Å². The van der Waals surface area contributed by atoms with Gasteiger partial charge in [0.15, 0.2) is 0 Å². The molecule has 1 unspecified atom stereocenters. The standard InChI is InChI=1S/C12H11Cl2N3O/c13-8-2-1-3-9(14)10(8)11-16-12(18-17-11)7-4-5-15-6-7/h1-3,7,15H,4-6H2. The van der Waals surface area contributed by atoms with Crippen LogP contribution in [0, 0.1) is 0 Å². The smallest absolute Gasteiger partial charge is 0.231 e. The van der Waals surface area contributed by atoms with Crippen LogP contribution in [-0.4, -0.2) is 23.2 Å². The van der Waals surface area contributed by atoms with Crippen LogP contribution in [0.5, 0.6) is 0 Å². The van der Waals surface area contributed by atoms with E-state index >= 15 is 0 Å². The number of aromatic nitrogens is 2. The van der Waals surface area contributed by atoms with Gasteiger partial charge in [0.1, 0.15) is 0 Å². The molecule has 0 aliphatic carbocycles. The molecule has 94 valence electrons. The molecule has 1 aromatic carbocycles. The zero-order valence-electron chi connectivity index (χ0n) is 9.49. The van der Waals surface area contributed by atoms with Crippen LogP contribution in [0.4, 0.5) is 0 Å². The molecule has 0 bridgehead atoms. The number of rotatable bonds is 2. The third-order valence-electron chi connectivity index (χ3n) is 3.04. The fraction of sp³-hybridized carbons (Fsp3) is 0.333. The maximum atomic E-state index is 6.11. The van der Waals surface area contributed by atoms with Crippen LogP contribution in [-0.2, 0) is 0 Å². The van der Waals surface area contributed by atoms with Crippen LogP contribution in [0.2, 0.25) is 10.0 Å². The van der Waals surface area contributed by atoms with Gasteiger partial charge in [-0.1, -0.05) is 34.4 Å². The lowest BCUT2D eigenvalue weighted by atomic mass is 10.1. The summed E-state index contributed by atoms with van der Waals surface area (Å²) in [5.74, 6) is 1.38. The molecule has 1 N–H and O–H groups in total. The molecule has 1 aromatic heterocycles. The molecule has 0 amide bonds. The highest BCUT2D eigenvalue weighted by Crippen LogP contribution is 2.33. The minimum absolute atomic E-state index is 0.285. The first kappa shape index (κ1) is 12.0. The predicted molar refractivity (Wildman–Crippen MR) is 70.0 cm³/mol. The Bertz CT molecular complexity index is 544. The maximum Gasteiger partial charge on any atom is 0.231 e. The Morgan fingerprint density at radius 1 is 1.28 bits per heavy atom. The van der Waals surface area contributed by atoms with Gasteiger partial charge < -0.3 is 9.84 Å². The number of hydrogen-bond donors (Lipinski definition) is 1. The van der Waals surface area contributed by atoms with E-state index in [1.54, 1.807) is 18.2 Å². The number of hydrogen-bond acceptors (Lipinski definition) is 4. The van der Waals surface area contributed by atoms with E-state index < -0.39 is 0 Å². The molecule has 1 saturated heterocycles. The first-order valence-electron chi connectivity index (χ1n) is 5.74. The third-order valence-corrected chi connectivity index (χ3v) is 3.67. The van der Waals surface area contributed by atoms with Crippen molar-refractivity contribution in [3.63, 3.8) is 0 Å². The second kappa shape index (κ2) is 4.88. The van der Waals surface area contributed by atoms with Crippen molar-refractivity contribution >= 4 is 23.2 Å². The number of nitrogens with one attached hydrogen (secondary N) is 1. The average molecular weight is 284 g/mol. The minimum atomic E-state index is 0.285. The van der Waals surface area contributed by atoms with E-state index in [4.69, 9.17) is 27.7 Å². The molecule has 3 rings (SSSR count). The second-order valence-electron chi connectivity index (χ2n) is 4.24. The van der Waals surface area contributed by atoms with Crippen LogP contribution in [0.15, 0.2) is 22.7 Å². The lowest BCUT2D eigenvalue weighted by molar-refractivity contribution is 0.359. The average Bonchev–Trinajstić information content (AvgIpc) is 2.99. The minimum Gasteiger partial charge on any atom is -0.339 e. The summed E-state index contributed by atoms with van der Waals surface area (Å²) in [7, 11) is 0. The monoisotopic (exact) mass is 283 g/mol. The van der Waals surface area contributed by atoms with Crippen molar-refractivity contribution in [2.75, 3.05) is 13.1 Å². The predicted octanol–water partition coefficient (Wildman–Crippen LogP) is 3.12. The SMILES string of the molecule is Clc1cccc(Cl)c1-c1noc(C2CCNC2)n1. The fourth-order valence-corrected chi connectivity index (χ4v) is 2.65. The summed E-state index contributed by atoms with van der Waals surface area (Å²) in [6.45, 7) is 1.85. The van der Waals surface area contributed by atoms with Crippen molar-refractivity contribution < 1.29 is 4.52 Å². The Kier molecular flexibility index (Phi) is 3.24. The third kappa shape index (κ3) is 2.11. The highest BCUT2D eigenvalue weighted by molar-refractivity contribution is 6.38. The molecular weight excluding hydrogens is 273 g/mol. The molecule has 6 heteroatoms. The number of benzene rings is 1. The lowest BCUT2D eigenvalue weighted by Crippen LogP contribution is -2.08. The first-order valence-corrected chi connectivity index (χ1v) is 6.50. The van der Waals surface area contributed by atoms with E-state index in [9.17, 15) is 0 Å². The van der Waals surface area contributed by atoms with Crippen molar-refractivity contribution in [1.82, 2.24) is 15.5 Å². The summed E-state index contributed by atoms with van der Waals surface area (Å²) < 4.78 is 5.29. The number of halogens is 2. The highest BCUT2D eigenvalue weighted by Gasteiger charge is 2.24. The largest absolute Gasteiger partial charge is 0.339 e. The van der Waals surface area contributed by atoms with E-state index in [0.29, 0.717) is 27.3 Å². The molecule has 2 heterocycles. The molecule has 0 radical (unpaired) electrons. The molecule has 1 fully saturated rings. The van der Waals surface area contributed by atoms with E-state index in [1.165, 1.54) is 0 Å². The van der Waals surface area contributed by atoms with E-state index in [-0.39, 0.29) is 5.92 Å². The zero-order valence-corrected chi connectivity index (χ0v) is 11.0. The van der Waals surface area contributed by atoms with Gasteiger partial charge >= 0.3 is 0 Å². The van der Waals surface area contributed by atoms with Gasteiger partial charge in [0.05, 0.1) is 21.5 Å². The van der Waals surface area contributed by atoms with Gasteiger partial charge in [-0.25, -0.2) is 0 Å². The maximum absolute atomic E-state index is 6.11. The zero-order chi connectivity index (χ0) is 12.5. The van der Waals surface area contributed by atoms with Crippen molar-refractivity contribution in [3.8, 4) is 11.4 Å². The first-order chi connectivity index (χ1) is 8.75. The van der Waals surface area contributed by atoms with Gasteiger partial charge in [0.25, 0.3) is 0 Å². The van der Waals surface area contributed by atoms with Crippen molar-refractivity contribution in [2.24, 2.45) is 0 Å². The van der Waals surface area contributed by atoms with E-state index in [1.807, 2.05) is 0 Å². The molecule has 1 atom stereocenters. The summed E-state index contributed by atoms with van der Waals surface area (Å²) in [5.41, 5.74) is 0.627. The quantitative estimate of drug-likeness (QED) is 0.920. The molecule has 0 spiro atoms. The highest BCUT2D eigenvalue weighted by atomic mass is 35.5. The summed E-state index contributed by atoms with van der Waals surface area (Å²) in [5, 5.41) is 8.29. The Balaban J connectivity index is 1.97. The number of nitrogens with zero attached hydrogens (tertiary/aromatic N) is 2. The van der Waals surface area contributed by atoms with Gasteiger partial charge in [0.2, 0.25) is 11.7 Å². The van der Waals surface area contributed by atoms with Crippen LogP contribution >= 0.6 is 23.2 Å².